The first-order chi connectivity index (χ1) is 11.7. The average molecular weight is 325 g/mol. The number of amides is 1. The maximum Gasteiger partial charge on any atom is 0.226 e. The Hall–Kier alpha value is -2.37. The molecule has 1 amide bonds. The molecule has 0 saturated carbocycles. The molecule has 0 radical (unpaired) electrons. The lowest BCUT2D eigenvalue weighted by molar-refractivity contribution is -0.136. The van der Waals surface area contributed by atoms with Crippen LogP contribution in [0.25, 0.3) is 0 Å². The van der Waals surface area contributed by atoms with Gasteiger partial charge in [0.15, 0.2) is 0 Å². The van der Waals surface area contributed by atoms with Gasteiger partial charge < -0.3 is 14.8 Å². The smallest absolute Gasteiger partial charge is 0.226 e. The number of H-pyrrole nitrogens is 1. The summed E-state index contributed by atoms with van der Waals surface area (Å²) in [7, 11) is 0. The van der Waals surface area contributed by atoms with Crippen LogP contribution in [0.1, 0.15) is 23.6 Å². The summed E-state index contributed by atoms with van der Waals surface area (Å²) in [6.45, 7) is 5.24. The van der Waals surface area contributed by atoms with Crippen LogP contribution in [0, 0.1) is 12.8 Å². The van der Waals surface area contributed by atoms with Crippen LogP contribution in [-0.4, -0.2) is 51.9 Å². The minimum absolute atomic E-state index is 0.0961. The van der Waals surface area contributed by atoms with Gasteiger partial charge in [0.2, 0.25) is 5.91 Å². The molecule has 1 saturated heterocycles. The minimum atomic E-state index is 0.0961. The van der Waals surface area contributed by atoms with Gasteiger partial charge in [0.1, 0.15) is 11.6 Å². The van der Waals surface area contributed by atoms with Crippen molar-refractivity contribution in [3.05, 3.63) is 41.6 Å². The zero-order chi connectivity index (χ0) is 16.5. The summed E-state index contributed by atoms with van der Waals surface area (Å²) in [6.07, 6.45) is 4.44. The van der Waals surface area contributed by atoms with Gasteiger partial charge in [0, 0.05) is 50.4 Å². The zero-order valence-electron chi connectivity index (χ0n) is 14.0. The number of hydrogen-bond acceptors (Lipinski definition) is 4. The number of carbonyl (C=O) groups excluding carboxylic acids is 1. The van der Waals surface area contributed by atoms with E-state index < -0.39 is 0 Å². The highest BCUT2D eigenvalue weighted by Gasteiger charge is 2.31. The first-order valence-electron chi connectivity index (χ1n) is 8.70. The SMILES string of the molecule is Cc1nc2c([nH]1)CC(C(=O)N1CCN(c3ccccn3)CC1)CC2. The van der Waals surface area contributed by atoms with Gasteiger partial charge in [-0.2, -0.15) is 0 Å². The predicted octanol–water partition coefficient (Wildman–Crippen LogP) is 1.57. The Labute approximate surface area is 141 Å². The lowest BCUT2D eigenvalue weighted by Crippen LogP contribution is -2.51. The maximum atomic E-state index is 12.9. The van der Waals surface area contributed by atoms with Crippen LogP contribution in [0.3, 0.4) is 0 Å². The molecule has 0 bridgehead atoms. The number of pyridine rings is 1. The molecule has 2 aliphatic rings. The van der Waals surface area contributed by atoms with Gasteiger partial charge >= 0.3 is 0 Å². The standard InChI is InChI=1S/C18H23N5O/c1-13-20-15-6-5-14(12-16(15)21-13)18(24)23-10-8-22(9-11-23)17-4-2-3-7-19-17/h2-4,7,14H,5-6,8-12H2,1H3,(H,20,21). The van der Waals surface area contributed by atoms with E-state index in [9.17, 15) is 4.79 Å². The number of aryl methyl sites for hydroxylation is 2. The predicted molar refractivity (Wildman–Crippen MR) is 91.9 cm³/mol. The van der Waals surface area contributed by atoms with Crippen LogP contribution in [0.5, 0.6) is 0 Å². The van der Waals surface area contributed by atoms with Crippen LogP contribution in [-0.2, 0) is 17.6 Å². The number of rotatable bonds is 2. The monoisotopic (exact) mass is 325 g/mol. The molecule has 0 aromatic carbocycles. The molecule has 1 aliphatic heterocycles. The number of hydrogen-bond donors (Lipinski definition) is 1. The van der Waals surface area contributed by atoms with Crippen LogP contribution in [0.2, 0.25) is 0 Å². The van der Waals surface area contributed by atoms with E-state index in [1.807, 2.05) is 36.2 Å². The Morgan fingerprint density at radius 3 is 2.83 bits per heavy atom. The number of piperazine rings is 1. The van der Waals surface area contributed by atoms with Crippen molar-refractivity contribution >= 4 is 11.7 Å². The van der Waals surface area contributed by atoms with Crippen molar-refractivity contribution in [3.8, 4) is 0 Å². The summed E-state index contributed by atoms with van der Waals surface area (Å²) in [5.74, 6) is 2.35. The van der Waals surface area contributed by atoms with E-state index >= 15 is 0 Å². The second kappa shape index (κ2) is 6.26. The summed E-state index contributed by atoms with van der Waals surface area (Å²) in [5.41, 5.74) is 2.31. The molecule has 6 nitrogen and oxygen atoms in total. The highest BCUT2D eigenvalue weighted by molar-refractivity contribution is 5.79. The molecule has 6 heteroatoms. The summed E-state index contributed by atoms with van der Waals surface area (Å²) in [5, 5.41) is 0. The highest BCUT2D eigenvalue weighted by Crippen LogP contribution is 2.26. The molecule has 2 aromatic heterocycles. The number of aromatic nitrogens is 3. The van der Waals surface area contributed by atoms with E-state index in [4.69, 9.17) is 0 Å². The topological polar surface area (TPSA) is 65.1 Å². The fourth-order valence-electron chi connectivity index (χ4n) is 3.79. The molecule has 24 heavy (non-hydrogen) atoms. The number of nitrogens with zero attached hydrogens (tertiary/aromatic N) is 4. The van der Waals surface area contributed by atoms with E-state index in [0.29, 0.717) is 5.91 Å². The van der Waals surface area contributed by atoms with Crippen LogP contribution >= 0.6 is 0 Å². The van der Waals surface area contributed by atoms with E-state index in [1.54, 1.807) is 0 Å². The summed E-state index contributed by atoms with van der Waals surface area (Å²) < 4.78 is 0. The lowest BCUT2D eigenvalue weighted by Gasteiger charge is -2.37. The van der Waals surface area contributed by atoms with Crippen molar-refractivity contribution in [1.82, 2.24) is 19.9 Å². The lowest BCUT2D eigenvalue weighted by atomic mass is 9.88. The van der Waals surface area contributed by atoms with Gasteiger partial charge in [-0.3, -0.25) is 4.79 Å². The molecule has 1 atom stereocenters. The fourth-order valence-corrected chi connectivity index (χ4v) is 3.79. The third-order valence-electron chi connectivity index (χ3n) is 5.08. The van der Waals surface area contributed by atoms with E-state index in [0.717, 1.165) is 68.5 Å². The normalized spacial score (nSPS) is 20.8. The average Bonchev–Trinajstić information content (AvgIpc) is 3.01. The van der Waals surface area contributed by atoms with Crippen molar-refractivity contribution in [2.45, 2.75) is 26.2 Å². The van der Waals surface area contributed by atoms with Crippen molar-refractivity contribution < 1.29 is 4.79 Å². The van der Waals surface area contributed by atoms with Gasteiger partial charge in [0.05, 0.1) is 5.69 Å². The van der Waals surface area contributed by atoms with Gasteiger partial charge in [-0.1, -0.05) is 6.07 Å². The second-order valence-corrected chi connectivity index (χ2v) is 6.69. The number of fused-ring (bicyclic) bond motifs is 1. The van der Waals surface area contributed by atoms with E-state index in [-0.39, 0.29) is 5.92 Å². The molecule has 3 heterocycles. The van der Waals surface area contributed by atoms with Crippen molar-refractivity contribution in [3.63, 3.8) is 0 Å². The first-order valence-corrected chi connectivity index (χ1v) is 8.70. The van der Waals surface area contributed by atoms with Crippen molar-refractivity contribution in [2.75, 3.05) is 31.1 Å². The van der Waals surface area contributed by atoms with E-state index in [1.165, 1.54) is 0 Å². The first kappa shape index (κ1) is 15.2. The number of nitrogens with one attached hydrogen (secondary N) is 1. The number of aromatic amines is 1. The summed E-state index contributed by atoms with van der Waals surface area (Å²) in [6, 6.07) is 5.96. The Kier molecular flexibility index (Phi) is 3.96. The van der Waals surface area contributed by atoms with Gasteiger partial charge in [0.25, 0.3) is 0 Å². The Balaban J connectivity index is 1.37. The number of anilines is 1. The van der Waals surface area contributed by atoms with Crippen LogP contribution in [0.15, 0.2) is 24.4 Å². The van der Waals surface area contributed by atoms with Crippen LogP contribution in [0.4, 0.5) is 5.82 Å². The van der Waals surface area contributed by atoms with Gasteiger partial charge in [-0.05, 0) is 31.9 Å². The molecule has 1 aliphatic carbocycles. The summed E-state index contributed by atoms with van der Waals surface area (Å²) >= 11 is 0. The van der Waals surface area contributed by atoms with Crippen molar-refractivity contribution in [1.29, 1.82) is 0 Å². The van der Waals surface area contributed by atoms with E-state index in [2.05, 4.69) is 19.9 Å². The third-order valence-corrected chi connectivity index (χ3v) is 5.08. The quantitative estimate of drug-likeness (QED) is 0.910. The van der Waals surface area contributed by atoms with Crippen molar-refractivity contribution in [2.24, 2.45) is 5.92 Å². The largest absolute Gasteiger partial charge is 0.353 e. The third kappa shape index (κ3) is 2.88. The molecule has 2 aromatic rings. The molecular formula is C18H23N5O. The minimum Gasteiger partial charge on any atom is -0.353 e. The van der Waals surface area contributed by atoms with Gasteiger partial charge in [-0.25, -0.2) is 9.97 Å². The molecule has 1 unspecified atom stereocenters. The zero-order valence-corrected chi connectivity index (χ0v) is 14.0. The molecule has 1 N–H and O–H groups in total. The Bertz CT molecular complexity index is 718. The molecule has 126 valence electrons. The van der Waals surface area contributed by atoms with Crippen LogP contribution < -0.4 is 4.90 Å². The number of carbonyl (C=O) groups is 1. The Morgan fingerprint density at radius 2 is 2.08 bits per heavy atom. The highest BCUT2D eigenvalue weighted by atomic mass is 16.2. The van der Waals surface area contributed by atoms with Gasteiger partial charge in [-0.15, -0.1) is 0 Å². The Morgan fingerprint density at radius 1 is 1.25 bits per heavy atom. The molecular weight excluding hydrogens is 302 g/mol. The summed E-state index contributed by atoms with van der Waals surface area (Å²) in [4.78, 5) is 29.4. The molecule has 0 spiro atoms. The fraction of sp³-hybridized carbons (Fsp3) is 0.500. The molecule has 1 fully saturated rings. The number of imidazole rings is 1. The molecule has 4 rings (SSSR count). The maximum absolute atomic E-state index is 12.9. The second-order valence-electron chi connectivity index (χ2n) is 6.69.